The van der Waals surface area contributed by atoms with Gasteiger partial charge in [0, 0.05) is 18.5 Å². The van der Waals surface area contributed by atoms with Crippen LogP contribution in [0.4, 0.5) is 5.13 Å². The van der Waals surface area contributed by atoms with Gasteiger partial charge >= 0.3 is 0 Å². The van der Waals surface area contributed by atoms with Crippen molar-refractivity contribution in [3.05, 3.63) is 52.6 Å². The van der Waals surface area contributed by atoms with E-state index < -0.39 is 15.9 Å². The molecule has 3 aromatic rings. The summed E-state index contributed by atoms with van der Waals surface area (Å²) in [7, 11) is -2.25. The van der Waals surface area contributed by atoms with Gasteiger partial charge in [0.05, 0.1) is 21.7 Å². The number of sulfonamides is 1. The predicted molar refractivity (Wildman–Crippen MR) is 109 cm³/mol. The first-order chi connectivity index (χ1) is 13.2. The highest BCUT2D eigenvalue weighted by Crippen LogP contribution is 2.27. The summed E-state index contributed by atoms with van der Waals surface area (Å²) < 4.78 is 31.9. The molecule has 0 aliphatic carbocycles. The summed E-state index contributed by atoms with van der Waals surface area (Å²) in [6.07, 6.45) is 1.53. The van der Waals surface area contributed by atoms with Gasteiger partial charge in [-0.15, -0.1) is 11.3 Å². The summed E-state index contributed by atoms with van der Waals surface area (Å²) >= 11 is 7.36. The lowest BCUT2D eigenvalue weighted by Crippen LogP contribution is -2.33. The fourth-order valence-corrected chi connectivity index (χ4v) is 4.61. The fourth-order valence-electron chi connectivity index (χ4n) is 2.32. The van der Waals surface area contributed by atoms with E-state index in [1.165, 1.54) is 47.2 Å². The number of hydrogen-bond donors (Lipinski definition) is 1. The first-order valence-corrected chi connectivity index (χ1v) is 11.0. The van der Waals surface area contributed by atoms with Gasteiger partial charge in [0.2, 0.25) is 10.0 Å². The lowest BCUT2D eigenvalue weighted by molar-refractivity contribution is 0.102. The molecule has 0 bridgehead atoms. The molecule has 2 aromatic heterocycles. The van der Waals surface area contributed by atoms with Crippen LogP contribution in [0.1, 0.15) is 24.2 Å². The maximum atomic E-state index is 12.7. The molecule has 0 saturated carbocycles. The molecule has 0 aliphatic rings. The Labute approximate surface area is 172 Å². The fraction of sp³-hybridized carbons (Fsp3) is 0.222. The third kappa shape index (κ3) is 4.12. The molecule has 1 N–H and O–H groups in total. The molecule has 0 unspecified atom stereocenters. The second-order valence-electron chi connectivity index (χ2n) is 6.23. The molecule has 148 valence electrons. The number of halogens is 1. The topological polar surface area (TPSA) is 92.5 Å². The quantitative estimate of drug-likeness (QED) is 0.616. The Kier molecular flexibility index (Phi) is 5.90. The Hall–Kier alpha value is -2.20. The lowest BCUT2D eigenvalue weighted by Gasteiger charge is -2.21. The number of carbonyl (C=O) groups is 1. The molecule has 10 heteroatoms. The van der Waals surface area contributed by atoms with Crippen LogP contribution in [0.2, 0.25) is 5.02 Å². The highest BCUT2D eigenvalue weighted by molar-refractivity contribution is 7.89. The van der Waals surface area contributed by atoms with Crippen molar-refractivity contribution < 1.29 is 17.6 Å². The standard InChI is InChI=1S/C18H18ClN3O4S2/c1-11(2)22(3)28(24,25)12-6-7-14(19)13(9-12)17(23)21-18-20-15(10-27-18)16-5-4-8-26-16/h4-11H,1-3H3,(H,20,21,23). The SMILES string of the molecule is CC(C)N(C)S(=O)(=O)c1ccc(Cl)c(C(=O)Nc2nc(-c3ccco3)cs2)c1. The van der Waals surface area contributed by atoms with E-state index in [-0.39, 0.29) is 21.5 Å². The van der Waals surface area contributed by atoms with Crippen LogP contribution in [-0.2, 0) is 10.0 Å². The molecule has 28 heavy (non-hydrogen) atoms. The van der Waals surface area contributed by atoms with Crippen LogP contribution in [0.25, 0.3) is 11.5 Å². The molecule has 2 heterocycles. The Balaban J connectivity index is 1.86. The summed E-state index contributed by atoms with van der Waals surface area (Å²) in [6, 6.07) is 7.32. The van der Waals surface area contributed by atoms with Gasteiger partial charge in [0.15, 0.2) is 10.9 Å². The van der Waals surface area contributed by atoms with Crippen molar-refractivity contribution in [2.24, 2.45) is 0 Å². The molecule has 0 spiro atoms. The predicted octanol–water partition coefficient (Wildman–Crippen LogP) is 4.34. The summed E-state index contributed by atoms with van der Waals surface area (Å²) in [5.74, 6) is 0.0363. The Bertz CT molecular complexity index is 1090. The zero-order chi connectivity index (χ0) is 20.5. The van der Waals surface area contributed by atoms with Gasteiger partial charge in [-0.25, -0.2) is 13.4 Å². The zero-order valence-corrected chi connectivity index (χ0v) is 17.7. The first-order valence-electron chi connectivity index (χ1n) is 8.28. The number of hydrogen-bond acceptors (Lipinski definition) is 6. The van der Waals surface area contributed by atoms with Crippen molar-refractivity contribution in [3.63, 3.8) is 0 Å². The van der Waals surface area contributed by atoms with Gasteiger partial charge < -0.3 is 4.42 Å². The maximum Gasteiger partial charge on any atom is 0.259 e. The average Bonchev–Trinajstić information content (AvgIpc) is 3.32. The lowest BCUT2D eigenvalue weighted by atomic mass is 10.2. The number of nitrogens with one attached hydrogen (secondary N) is 1. The minimum absolute atomic E-state index is 0.00587. The van der Waals surface area contributed by atoms with Crippen molar-refractivity contribution in [2.75, 3.05) is 12.4 Å². The minimum Gasteiger partial charge on any atom is -0.463 e. The highest BCUT2D eigenvalue weighted by atomic mass is 35.5. The first kappa shape index (κ1) is 20.5. The van der Waals surface area contributed by atoms with Crippen LogP contribution in [0, 0.1) is 0 Å². The molecule has 0 saturated heterocycles. The van der Waals surface area contributed by atoms with Crippen LogP contribution in [0.15, 0.2) is 51.3 Å². The third-order valence-electron chi connectivity index (χ3n) is 4.08. The summed E-state index contributed by atoms with van der Waals surface area (Å²) in [6.45, 7) is 3.53. The zero-order valence-electron chi connectivity index (χ0n) is 15.3. The van der Waals surface area contributed by atoms with Crippen molar-refractivity contribution in [3.8, 4) is 11.5 Å². The van der Waals surface area contributed by atoms with E-state index in [2.05, 4.69) is 10.3 Å². The van der Waals surface area contributed by atoms with Crippen LogP contribution < -0.4 is 5.32 Å². The van der Waals surface area contributed by atoms with Gasteiger partial charge in [-0.05, 0) is 44.2 Å². The van der Waals surface area contributed by atoms with E-state index in [1.54, 1.807) is 31.4 Å². The van der Waals surface area contributed by atoms with E-state index in [0.717, 1.165) is 0 Å². The summed E-state index contributed by atoms with van der Waals surface area (Å²) in [5.41, 5.74) is 0.640. The van der Waals surface area contributed by atoms with Crippen LogP contribution in [0.5, 0.6) is 0 Å². The molecule has 0 fully saturated rings. The number of amides is 1. The number of carbonyl (C=O) groups excluding carboxylic acids is 1. The number of furan rings is 1. The molecule has 7 nitrogen and oxygen atoms in total. The van der Waals surface area contributed by atoms with Crippen LogP contribution in [-0.4, -0.2) is 36.7 Å². The normalized spacial score (nSPS) is 11.9. The van der Waals surface area contributed by atoms with Crippen molar-refractivity contribution in [1.29, 1.82) is 0 Å². The molecule has 0 radical (unpaired) electrons. The summed E-state index contributed by atoms with van der Waals surface area (Å²) in [4.78, 5) is 16.9. The van der Waals surface area contributed by atoms with Gasteiger partial charge in [0.25, 0.3) is 5.91 Å². The van der Waals surface area contributed by atoms with Crippen molar-refractivity contribution in [2.45, 2.75) is 24.8 Å². The molecule has 3 rings (SSSR count). The Morgan fingerprint density at radius 1 is 1.32 bits per heavy atom. The monoisotopic (exact) mass is 439 g/mol. The molecule has 0 aliphatic heterocycles. The minimum atomic E-state index is -3.74. The number of aromatic nitrogens is 1. The number of anilines is 1. The number of benzene rings is 1. The number of thiazole rings is 1. The van der Waals surface area contributed by atoms with E-state index in [4.69, 9.17) is 16.0 Å². The van der Waals surface area contributed by atoms with Crippen LogP contribution in [0.3, 0.4) is 0 Å². The molecule has 0 atom stereocenters. The highest BCUT2D eigenvalue weighted by Gasteiger charge is 2.25. The second-order valence-corrected chi connectivity index (χ2v) is 9.49. The number of rotatable bonds is 6. The smallest absolute Gasteiger partial charge is 0.259 e. The largest absolute Gasteiger partial charge is 0.463 e. The van der Waals surface area contributed by atoms with Crippen LogP contribution >= 0.6 is 22.9 Å². The summed E-state index contributed by atoms with van der Waals surface area (Å²) in [5, 5.41) is 4.88. The Morgan fingerprint density at radius 3 is 2.71 bits per heavy atom. The molecular weight excluding hydrogens is 422 g/mol. The third-order valence-corrected chi connectivity index (χ3v) is 7.20. The molecule has 1 aromatic carbocycles. The van der Waals surface area contributed by atoms with E-state index in [9.17, 15) is 13.2 Å². The van der Waals surface area contributed by atoms with Gasteiger partial charge in [0.1, 0.15) is 5.69 Å². The number of nitrogens with zero attached hydrogens (tertiary/aromatic N) is 2. The van der Waals surface area contributed by atoms with E-state index in [1.807, 2.05) is 0 Å². The maximum absolute atomic E-state index is 12.7. The van der Waals surface area contributed by atoms with E-state index >= 15 is 0 Å². The van der Waals surface area contributed by atoms with Gasteiger partial charge in [-0.2, -0.15) is 4.31 Å². The molecular formula is C18H18ClN3O4S2. The average molecular weight is 440 g/mol. The van der Waals surface area contributed by atoms with Crippen molar-refractivity contribution >= 4 is 44.0 Å². The van der Waals surface area contributed by atoms with Gasteiger partial charge in [-0.3, -0.25) is 10.1 Å². The van der Waals surface area contributed by atoms with Crippen molar-refractivity contribution in [1.82, 2.24) is 9.29 Å². The second kappa shape index (κ2) is 8.04. The van der Waals surface area contributed by atoms with E-state index in [0.29, 0.717) is 16.6 Å². The Morgan fingerprint density at radius 2 is 2.07 bits per heavy atom. The van der Waals surface area contributed by atoms with Gasteiger partial charge in [-0.1, -0.05) is 11.6 Å². The molecule has 1 amide bonds.